The molecule has 1 rings (SSSR count). The lowest BCUT2D eigenvalue weighted by Gasteiger charge is -2.26. The second-order valence-corrected chi connectivity index (χ2v) is 5.06. The third-order valence-corrected chi connectivity index (χ3v) is 2.50. The minimum atomic E-state index is -0.109. The number of nitrogens with two attached hydrogens (primary N) is 1. The first-order valence-electron chi connectivity index (χ1n) is 5.44. The monoisotopic (exact) mass is 207 g/mol. The molecule has 0 aliphatic rings. The van der Waals surface area contributed by atoms with Crippen LogP contribution in [0.2, 0.25) is 0 Å². The van der Waals surface area contributed by atoms with Gasteiger partial charge in [-0.3, -0.25) is 0 Å². The maximum Gasteiger partial charge on any atom is 0.146 e. The topological polar surface area (TPSA) is 51.8 Å². The molecule has 0 radical (unpaired) electrons. The molecule has 0 amide bonds. The first-order chi connectivity index (χ1) is 6.84. The van der Waals surface area contributed by atoms with Gasteiger partial charge in [-0.2, -0.15) is 0 Å². The molecule has 0 aliphatic carbocycles. The second-order valence-electron chi connectivity index (χ2n) is 5.06. The first kappa shape index (κ1) is 12.1. The SMILES string of the molecule is CCc1cc(C)nc(C(N)C(C)(C)C)n1. The van der Waals surface area contributed by atoms with Crippen molar-refractivity contribution in [3.63, 3.8) is 0 Å². The molecule has 3 heteroatoms. The van der Waals surface area contributed by atoms with Gasteiger partial charge in [0.1, 0.15) is 5.82 Å². The maximum atomic E-state index is 6.14. The van der Waals surface area contributed by atoms with Crippen LogP contribution >= 0.6 is 0 Å². The van der Waals surface area contributed by atoms with Gasteiger partial charge in [0.15, 0.2) is 0 Å². The Morgan fingerprint density at radius 2 is 1.93 bits per heavy atom. The molecular weight excluding hydrogens is 186 g/mol. The van der Waals surface area contributed by atoms with Gasteiger partial charge in [-0.25, -0.2) is 9.97 Å². The predicted molar refractivity (Wildman–Crippen MR) is 62.5 cm³/mol. The smallest absolute Gasteiger partial charge is 0.146 e. The zero-order valence-corrected chi connectivity index (χ0v) is 10.3. The first-order valence-corrected chi connectivity index (χ1v) is 5.44. The summed E-state index contributed by atoms with van der Waals surface area (Å²) in [6, 6.07) is 1.90. The van der Waals surface area contributed by atoms with Crippen LogP contribution in [-0.2, 0) is 6.42 Å². The molecule has 0 bridgehead atoms. The summed E-state index contributed by atoms with van der Waals surface area (Å²) in [5, 5.41) is 0. The van der Waals surface area contributed by atoms with E-state index in [9.17, 15) is 0 Å². The molecule has 0 aromatic carbocycles. The van der Waals surface area contributed by atoms with Crippen LogP contribution in [0.3, 0.4) is 0 Å². The molecule has 84 valence electrons. The minimum absolute atomic E-state index is 0.00119. The fraction of sp³-hybridized carbons (Fsp3) is 0.667. The van der Waals surface area contributed by atoms with Gasteiger partial charge in [0.2, 0.25) is 0 Å². The Labute approximate surface area is 92.1 Å². The summed E-state index contributed by atoms with van der Waals surface area (Å²) in [7, 11) is 0. The Bertz CT molecular complexity index is 339. The van der Waals surface area contributed by atoms with Crippen LogP contribution < -0.4 is 5.73 Å². The summed E-state index contributed by atoms with van der Waals surface area (Å²) in [6.07, 6.45) is 0.924. The molecule has 1 unspecified atom stereocenters. The number of rotatable bonds is 2. The average Bonchev–Trinajstić information content (AvgIpc) is 2.14. The molecule has 0 saturated heterocycles. The molecule has 0 fully saturated rings. The van der Waals surface area contributed by atoms with E-state index in [0.29, 0.717) is 0 Å². The highest BCUT2D eigenvalue weighted by molar-refractivity contribution is 5.12. The lowest BCUT2D eigenvalue weighted by atomic mass is 9.87. The number of nitrogens with zero attached hydrogens (tertiary/aromatic N) is 2. The van der Waals surface area contributed by atoms with Crippen molar-refractivity contribution in [1.82, 2.24) is 9.97 Å². The average molecular weight is 207 g/mol. The lowest BCUT2D eigenvalue weighted by molar-refractivity contribution is 0.314. The Morgan fingerprint density at radius 3 is 2.40 bits per heavy atom. The standard InChI is InChI=1S/C12H21N3/c1-6-9-7-8(2)14-11(15-9)10(13)12(3,4)5/h7,10H,6,13H2,1-5H3. The fourth-order valence-corrected chi connectivity index (χ4v) is 1.37. The highest BCUT2D eigenvalue weighted by atomic mass is 14.9. The van der Waals surface area contributed by atoms with Crippen molar-refractivity contribution in [2.45, 2.75) is 47.1 Å². The van der Waals surface area contributed by atoms with E-state index in [1.807, 2.05) is 13.0 Å². The molecule has 0 spiro atoms. The summed E-state index contributed by atoms with van der Waals surface area (Å²) in [6.45, 7) is 10.4. The van der Waals surface area contributed by atoms with Gasteiger partial charge < -0.3 is 5.73 Å². The lowest BCUT2D eigenvalue weighted by Crippen LogP contribution is -2.28. The number of aromatic nitrogens is 2. The van der Waals surface area contributed by atoms with Crippen LogP contribution in [-0.4, -0.2) is 9.97 Å². The van der Waals surface area contributed by atoms with Crippen LogP contribution in [0.25, 0.3) is 0 Å². The highest BCUT2D eigenvalue weighted by Gasteiger charge is 2.25. The summed E-state index contributed by atoms with van der Waals surface area (Å²) in [4.78, 5) is 8.89. The summed E-state index contributed by atoms with van der Waals surface area (Å²) < 4.78 is 0. The largest absolute Gasteiger partial charge is 0.321 e. The second kappa shape index (κ2) is 4.27. The quantitative estimate of drug-likeness (QED) is 0.810. The maximum absolute atomic E-state index is 6.14. The van der Waals surface area contributed by atoms with Crippen molar-refractivity contribution in [1.29, 1.82) is 0 Å². The highest BCUT2D eigenvalue weighted by Crippen LogP contribution is 2.28. The minimum Gasteiger partial charge on any atom is -0.321 e. The van der Waals surface area contributed by atoms with Crippen LogP contribution in [0, 0.1) is 12.3 Å². The molecule has 0 aliphatic heterocycles. The molecule has 1 aromatic heterocycles. The molecule has 2 N–H and O–H groups in total. The summed E-state index contributed by atoms with van der Waals surface area (Å²) in [5.41, 5.74) is 8.20. The molecule has 15 heavy (non-hydrogen) atoms. The van der Waals surface area contributed by atoms with Crippen molar-refractivity contribution in [2.75, 3.05) is 0 Å². The zero-order valence-electron chi connectivity index (χ0n) is 10.3. The molecule has 1 heterocycles. The van der Waals surface area contributed by atoms with E-state index in [-0.39, 0.29) is 11.5 Å². The third kappa shape index (κ3) is 2.99. The Balaban J connectivity index is 3.09. The summed E-state index contributed by atoms with van der Waals surface area (Å²) >= 11 is 0. The van der Waals surface area contributed by atoms with Crippen LogP contribution in [0.15, 0.2) is 6.07 Å². The van der Waals surface area contributed by atoms with E-state index in [1.165, 1.54) is 0 Å². The Morgan fingerprint density at radius 1 is 1.33 bits per heavy atom. The number of hydrogen-bond acceptors (Lipinski definition) is 3. The van der Waals surface area contributed by atoms with Gasteiger partial charge in [0.25, 0.3) is 0 Å². The number of aryl methyl sites for hydroxylation is 2. The molecule has 1 aromatic rings. The zero-order chi connectivity index (χ0) is 11.6. The van der Waals surface area contributed by atoms with Crippen molar-refractivity contribution in [3.05, 3.63) is 23.3 Å². The van der Waals surface area contributed by atoms with Gasteiger partial charge in [0, 0.05) is 11.4 Å². The van der Waals surface area contributed by atoms with E-state index >= 15 is 0 Å². The van der Waals surface area contributed by atoms with E-state index in [2.05, 4.69) is 37.7 Å². The third-order valence-electron chi connectivity index (χ3n) is 2.50. The predicted octanol–water partition coefficient (Wildman–Crippen LogP) is 2.39. The normalized spacial score (nSPS) is 14.0. The Kier molecular flexibility index (Phi) is 3.45. The molecule has 0 saturated carbocycles. The van der Waals surface area contributed by atoms with Gasteiger partial charge in [-0.1, -0.05) is 27.7 Å². The molecule has 1 atom stereocenters. The molecule has 3 nitrogen and oxygen atoms in total. The fourth-order valence-electron chi connectivity index (χ4n) is 1.37. The van der Waals surface area contributed by atoms with Crippen molar-refractivity contribution in [2.24, 2.45) is 11.1 Å². The van der Waals surface area contributed by atoms with Gasteiger partial charge in [-0.15, -0.1) is 0 Å². The van der Waals surface area contributed by atoms with E-state index in [0.717, 1.165) is 23.6 Å². The number of hydrogen-bond donors (Lipinski definition) is 1. The van der Waals surface area contributed by atoms with Crippen molar-refractivity contribution in [3.8, 4) is 0 Å². The Hall–Kier alpha value is -0.960. The van der Waals surface area contributed by atoms with E-state index in [1.54, 1.807) is 0 Å². The van der Waals surface area contributed by atoms with Gasteiger partial charge in [0.05, 0.1) is 6.04 Å². The van der Waals surface area contributed by atoms with Gasteiger partial charge in [-0.05, 0) is 24.8 Å². The van der Waals surface area contributed by atoms with Crippen LogP contribution in [0.5, 0.6) is 0 Å². The van der Waals surface area contributed by atoms with Crippen molar-refractivity contribution < 1.29 is 0 Å². The van der Waals surface area contributed by atoms with Crippen LogP contribution in [0.1, 0.15) is 50.9 Å². The van der Waals surface area contributed by atoms with Crippen molar-refractivity contribution >= 4 is 0 Å². The summed E-state index contributed by atoms with van der Waals surface area (Å²) in [5.74, 6) is 0.763. The molecular formula is C12H21N3. The van der Waals surface area contributed by atoms with Gasteiger partial charge >= 0.3 is 0 Å². The van der Waals surface area contributed by atoms with Crippen LogP contribution in [0.4, 0.5) is 0 Å². The van der Waals surface area contributed by atoms with E-state index in [4.69, 9.17) is 5.73 Å². The van der Waals surface area contributed by atoms with E-state index < -0.39 is 0 Å².